The van der Waals surface area contributed by atoms with Crippen molar-refractivity contribution in [2.45, 2.75) is 70.3 Å². The lowest BCUT2D eigenvalue weighted by molar-refractivity contribution is -0.120. The van der Waals surface area contributed by atoms with Gasteiger partial charge in [-0.25, -0.2) is 5.43 Å². The number of unbranched alkanes of at least 4 members (excludes halogenated alkanes) is 1. The molecule has 1 atom stereocenters. The van der Waals surface area contributed by atoms with Gasteiger partial charge in [0.05, 0.1) is 11.4 Å². The van der Waals surface area contributed by atoms with Gasteiger partial charge in [-0.15, -0.1) is 0 Å². The van der Waals surface area contributed by atoms with Crippen molar-refractivity contribution in [2.24, 2.45) is 16.0 Å². The lowest BCUT2D eigenvalue weighted by Crippen LogP contribution is -2.35. The number of allylic oxidation sites excluding steroid dienone is 1. The molecule has 0 saturated heterocycles. The summed E-state index contributed by atoms with van der Waals surface area (Å²) in [4.78, 5) is 20.3. The van der Waals surface area contributed by atoms with Gasteiger partial charge < -0.3 is 15.6 Å². The molecular weight excluding hydrogens is 388 g/mol. The quantitative estimate of drug-likeness (QED) is 0.462. The minimum absolute atomic E-state index is 0.136. The largest absolute Gasteiger partial charge is 0.359 e. The van der Waals surface area contributed by atoms with E-state index in [-0.39, 0.29) is 5.91 Å². The zero-order valence-electron chi connectivity index (χ0n) is 18.2. The van der Waals surface area contributed by atoms with Crippen molar-refractivity contribution in [1.29, 1.82) is 0 Å². The van der Waals surface area contributed by atoms with Crippen LogP contribution in [-0.2, 0) is 11.2 Å². The van der Waals surface area contributed by atoms with E-state index in [1.165, 1.54) is 61.8 Å². The molecule has 7 heteroatoms. The summed E-state index contributed by atoms with van der Waals surface area (Å²) in [5.74, 6) is 0.0607. The molecule has 2 saturated carbocycles. The molecule has 7 nitrogen and oxygen atoms in total. The van der Waals surface area contributed by atoms with Gasteiger partial charge in [0.2, 0.25) is 0 Å². The molecule has 2 fully saturated rings. The van der Waals surface area contributed by atoms with Crippen LogP contribution < -0.4 is 16.1 Å². The molecule has 2 aliphatic heterocycles. The molecule has 31 heavy (non-hydrogen) atoms. The second-order valence-electron chi connectivity index (χ2n) is 9.13. The number of aryl methyl sites for hydroxylation is 1. The normalized spacial score (nSPS) is 24.3. The molecule has 1 aromatic heterocycles. The van der Waals surface area contributed by atoms with Gasteiger partial charge >= 0.3 is 0 Å². The van der Waals surface area contributed by atoms with Crippen molar-refractivity contribution in [3.8, 4) is 0 Å². The third-order valence-corrected chi connectivity index (χ3v) is 6.83. The highest BCUT2D eigenvalue weighted by Crippen LogP contribution is 2.45. The molecule has 2 aliphatic carbocycles. The van der Waals surface area contributed by atoms with Crippen molar-refractivity contribution in [3.63, 3.8) is 0 Å². The number of hydrogen-bond acceptors (Lipinski definition) is 5. The number of carbonyl (C=O) groups is 1. The van der Waals surface area contributed by atoms with Gasteiger partial charge in [0.25, 0.3) is 5.91 Å². The van der Waals surface area contributed by atoms with Crippen molar-refractivity contribution >= 4 is 23.9 Å². The number of aromatic amines is 1. The summed E-state index contributed by atoms with van der Waals surface area (Å²) in [5, 5.41) is 10.9. The summed E-state index contributed by atoms with van der Waals surface area (Å²) in [7, 11) is 0. The summed E-state index contributed by atoms with van der Waals surface area (Å²) in [5.41, 5.74) is 9.46. The Hall–Kier alpha value is -2.67. The first-order valence-electron chi connectivity index (χ1n) is 11.7. The lowest BCUT2D eigenvalue weighted by atomic mass is 9.93. The fourth-order valence-electron chi connectivity index (χ4n) is 4.73. The first-order chi connectivity index (χ1) is 15.2. The summed E-state index contributed by atoms with van der Waals surface area (Å²) in [6.07, 6.45) is 17.4. The number of aliphatic imine (C=N–C) groups is 1. The Balaban J connectivity index is 1.32. The van der Waals surface area contributed by atoms with Crippen LogP contribution in [0.15, 0.2) is 28.2 Å². The Labute approximate surface area is 183 Å². The van der Waals surface area contributed by atoms with Crippen LogP contribution in [0.2, 0.25) is 0 Å². The van der Waals surface area contributed by atoms with Crippen molar-refractivity contribution in [1.82, 2.24) is 21.0 Å². The Morgan fingerprint density at radius 1 is 1.23 bits per heavy atom. The minimum Gasteiger partial charge on any atom is -0.359 e. The van der Waals surface area contributed by atoms with E-state index < -0.39 is 5.92 Å². The number of amides is 1. The zero-order chi connectivity index (χ0) is 21.2. The molecule has 3 heterocycles. The number of nitrogens with one attached hydrogen (secondary N) is 4. The fourth-order valence-corrected chi connectivity index (χ4v) is 4.73. The topological polar surface area (TPSA) is 93.7 Å². The van der Waals surface area contributed by atoms with Crippen molar-refractivity contribution in [3.05, 3.63) is 40.6 Å². The number of H-pyrrole nitrogens is 1. The minimum atomic E-state index is -0.452. The summed E-state index contributed by atoms with van der Waals surface area (Å²) in [6.45, 7) is 3.32. The van der Waals surface area contributed by atoms with E-state index in [0.717, 1.165) is 30.4 Å². The highest BCUT2D eigenvalue weighted by atomic mass is 16.2. The van der Waals surface area contributed by atoms with Crippen LogP contribution in [0.1, 0.15) is 73.4 Å². The Bertz CT molecular complexity index is 961. The van der Waals surface area contributed by atoms with E-state index in [4.69, 9.17) is 0 Å². The van der Waals surface area contributed by atoms with Gasteiger partial charge in [-0.3, -0.25) is 9.79 Å². The summed E-state index contributed by atoms with van der Waals surface area (Å²) in [6, 6.07) is 0.772. The van der Waals surface area contributed by atoms with Gasteiger partial charge in [-0.1, -0.05) is 6.42 Å². The molecule has 4 aliphatic rings. The maximum Gasteiger partial charge on any atom is 0.254 e. The second kappa shape index (κ2) is 8.83. The molecule has 0 bridgehead atoms. The molecule has 1 aromatic rings. The molecule has 5 rings (SSSR count). The van der Waals surface area contributed by atoms with Crippen LogP contribution >= 0.6 is 0 Å². The average Bonchev–Trinajstić information content (AvgIpc) is 3.40. The maximum atomic E-state index is 12.1. The predicted molar refractivity (Wildman–Crippen MR) is 124 cm³/mol. The first kappa shape index (κ1) is 20.2. The van der Waals surface area contributed by atoms with Crippen LogP contribution in [0.5, 0.6) is 0 Å². The summed E-state index contributed by atoms with van der Waals surface area (Å²) >= 11 is 0. The molecule has 0 aromatic carbocycles. The Kier molecular flexibility index (Phi) is 5.76. The van der Waals surface area contributed by atoms with Crippen LogP contribution in [0.3, 0.4) is 0 Å². The van der Waals surface area contributed by atoms with Gasteiger partial charge in [0, 0.05) is 36.0 Å². The van der Waals surface area contributed by atoms with Gasteiger partial charge in [-0.2, -0.15) is 5.10 Å². The average molecular weight is 421 g/mol. The fraction of sp³-hybridized carbons (Fsp3) is 0.542. The lowest BCUT2D eigenvalue weighted by Gasteiger charge is -2.26. The summed E-state index contributed by atoms with van der Waals surface area (Å²) < 4.78 is 0. The standard InChI is InChI=1S/C24H32N6O/c1-15-18(7-2-3-10-25-17-5-4-6-17)22(16-8-9-16)20(29-15)13-21-23(27-12-11-26-21)19-14-28-30-24(19)31/h11-14,16-17,19,25-26,29H,2-10H2,1H3,(H,30,31). The van der Waals surface area contributed by atoms with Crippen molar-refractivity contribution in [2.75, 3.05) is 6.54 Å². The van der Waals surface area contributed by atoms with Gasteiger partial charge in [0.15, 0.2) is 0 Å². The number of carbonyl (C=O) groups excluding carboxylic acids is 1. The van der Waals surface area contributed by atoms with Crippen LogP contribution in [-0.4, -0.2) is 35.4 Å². The molecule has 4 N–H and O–H groups in total. The van der Waals surface area contributed by atoms with Gasteiger partial charge in [0.1, 0.15) is 5.92 Å². The molecular formula is C24H32N6O. The van der Waals surface area contributed by atoms with E-state index in [0.29, 0.717) is 11.6 Å². The number of rotatable bonds is 9. The molecule has 1 amide bonds. The van der Waals surface area contributed by atoms with E-state index in [9.17, 15) is 4.79 Å². The van der Waals surface area contributed by atoms with E-state index >= 15 is 0 Å². The van der Waals surface area contributed by atoms with Crippen LogP contribution in [0, 0.1) is 12.8 Å². The van der Waals surface area contributed by atoms with E-state index in [1.54, 1.807) is 12.4 Å². The van der Waals surface area contributed by atoms with Crippen LogP contribution in [0.4, 0.5) is 0 Å². The first-order valence-corrected chi connectivity index (χ1v) is 11.7. The number of nitrogens with zero attached hydrogens (tertiary/aromatic N) is 2. The molecule has 1 unspecified atom stereocenters. The van der Waals surface area contributed by atoms with Crippen molar-refractivity contribution < 1.29 is 4.79 Å². The van der Waals surface area contributed by atoms with Gasteiger partial charge in [-0.05, 0) is 81.5 Å². The van der Waals surface area contributed by atoms with Crippen LogP contribution in [0.25, 0.3) is 6.08 Å². The number of hydrazone groups is 1. The predicted octanol–water partition coefficient (Wildman–Crippen LogP) is 3.25. The third-order valence-electron chi connectivity index (χ3n) is 6.83. The SMILES string of the molecule is Cc1[nH]c(C=C2NC=CN=C2C2C=NNC2=O)c(C2CC2)c1CCCCNC1CCC1. The molecule has 164 valence electrons. The Morgan fingerprint density at radius 2 is 2.10 bits per heavy atom. The van der Waals surface area contributed by atoms with E-state index in [2.05, 4.69) is 44.1 Å². The monoisotopic (exact) mass is 420 g/mol. The Morgan fingerprint density at radius 3 is 2.81 bits per heavy atom. The number of aromatic nitrogens is 1. The molecule has 0 spiro atoms. The number of hydrogen-bond donors (Lipinski definition) is 4. The highest BCUT2D eigenvalue weighted by Gasteiger charge is 2.32. The zero-order valence-corrected chi connectivity index (χ0v) is 18.2. The van der Waals surface area contributed by atoms with E-state index in [1.807, 2.05) is 6.20 Å². The maximum absolute atomic E-state index is 12.1. The molecule has 0 radical (unpaired) electrons. The second-order valence-corrected chi connectivity index (χ2v) is 9.13. The smallest absolute Gasteiger partial charge is 0.254 e. The third kappa shape index (κ3) is 4.37. The highest BCUT2D eigenvalue weighted by molar-refractivity contribution is 6.24.